The summed E-state index contributed by atoms with van der Waals surface area (Å²) in [5, 5.41) is 0. The molecule has 4 heteroatoms. The van der Waals surface area contributed by atoms with Gasteiger partial charge in [0.15, 0.2) is 0 Å². The maximum Gasteiger partial charge on any atom is 0.309 e. The summed E-state index contributed by atoms with van der Waals surface area (Å²) in [5.41, 5.74) is 0. The van der Waals surface area contributed by atoms with Crippen LogP contribution in [0.3, 0.4) is 0 Å². The third-order valence-corrected chi connectivity index (χ3v) is 1.80. The van der Waals surface area contributed by atoms with Gasteiger partial charge in [0.2, 0.25) is 0 Å². The van der Waals surface area contributed by atoms with Crippen molar-refractivity contribution in [2.45, 2.75) is 6.42 Å². The fraction of sp³-hybridized carbons (Fsp3) is 0.714. The van der Waals surface area contributed by atoms with E-state index in [0.717, 1.165) is 0 Å². The molecule has 0 aromatic heterocycles. The summed E-state index contributed by atoms with van der Waals surface area (Å²) in [6, 6.07) is 0. The Bertz CT molecular complexity index is 167. The first-order chi connectivity index (χ1) is 5.20. The third kappa shape index (κ3) is 1.50. The van der Waals surface area contributed by atoms with E-state index < -0.39 is 0 Å². The average molecular weight is 158 g/mol. The van der Waals surface area contributed by atoms with Gasteiger partial charge in [0, 0.05) is 0 Å². The molecule has 4 nitrogen and oxygen atoms in total. The van der Waals surface area contributed by atoms with Gasteiger partial charge in [-0.05, 0) is 6.42 Å². The largest absolute Gasteiger partial charge is 0.469 e. The van der Waals surface area contributed by atoms with E-state index in [4.69, 9.17) is 0 Å². The zero-order chi connectivity index (χ0) is 8.43. The van der Waals surface area contributed by atoms with Gasteiger partial charge >= 0.3 is 11.9 Å². The molecule has 0 amide bonds. The molecule has 0 aliphatic heterocycles. The molecule has 0 heterocycles. The van der Waals surface area contributed by atoms with E-state index in [-0.39, 0.29) is 23.8 Å². The quantitative estimate of drug-likeness (QED) is 0.529. The van der Waals surface area contributed by atoms with Crippen LogP contribution in [0.4, 0.5) is 0 Å². The molecule has 0 N–H and O–H groups in total. The predicted molar refractivity (Wildman–Crippen MR) is 35.6 cm³/mol. The number of carbonyl (C=O) groups excluding carboxylic acids is 2. The Morgan fingerprint density at radius 3 is 1.73 bits per heavy atom. The number of rotatable bonds is 2. The fourth-order valence-electron chi connectivity index (χ4n) is 1.02. The Labute approximate surface area is 64.5 Å². The van der Waals surface area contributed by atoms with E-state index in [2.05, 4.69) is 9.47 Å². The number of hydrogen-bond acceptors (Lipinski definition) is 4. The summed E-state index contributed by atoms with van der Waals surface area (Å²) in [7, 11) is 2.63. The summed E-state index contributed by atoms with van der Waals surface area (Å²) in [4.78, 5) is 21.5. The van der Waals surface area contributed by atoms with Crippen molar-refractivity contribution < 1.29 is 19.1 Å². The lowest BCUT2D eigenvalue weighted by atomic mass is 10.3. The van der Waals surface area contributed by atoms with Crippen molar-refractivity contribution in [2.24, 2.45) is 11.8 Å². The normalized spacial score (nSPS) is 27.5. The number of ether oxygens (including phenoxy) is 2. The molecule has 2 atom stereocenters. The highest BCUT2D eigenvalue weighted by molar-refractivity contribution is 5.87. The second-order valence-corrected chi connectivity index (χ2v) is 2.50. The molecule has 1 rings (SSSR count). The van der Waals surface area contributed by atoms with Gasteiger partial charge in [0.05, 0.1) is 26.1 Å². The molecule has 0 aromatic carbocycles. The van der Waals surface area contributed by atoms with Crippen molar-refractivity contribution in [1.29, 1.82) is 0 Å². The van der Waals surface area contributed by atoms with Crippen LogP contribution in [0.1, 0.15) is 6.42 Å². The smallest absolute Gasteiger partial charge is 0.309 e. The van der Waals surface area contributed by atoms with Crippen molar-refractivity contribution in [3.8, 4) is 0 Å². The molecule has 1 fully saturated rings. The van der Waals surface area contributed by atoms with Crippen molar-refractivity contribution >= 4 is 11.9 Å². The highest BCUT2D eigenvalue weighted by Gasteiger charge is 2.49. The standard InChI is InChI=1S/C7H10O4/c1-10-6(8)4-3-5(4)7(9)11-2/h4-5H,3H2,1-2H3/t4-,5+. The van der Waals surface area contributed by atoms with Crippen LogP contribution in [0, 0.1) is 11.8 Å². The molecule has 0 bridgehead atoms. The molecule has 0 radical (unpaired) electrons. The van der Waals surface area contributed by atoms with Crippen LogP contribution < -0.4 is 0 Å². The van der Waals surface area contributed by atoms with E-state index in [1.54, 1.807) is 0 Å². The number of methoxy groups -OCH3 is 2. The van der Waals surface area contributed by atoms with Crippen molar-refractivity contribution in [3.63, 3.8) is 0 Å². The van der Waals surface area contributed by atoms with Crippen molar-refractivity contribution in [1.82, 2.24) is 0 Å². The van der Waals surface area contributed by atoms with E-state index in [0.29, 0.717) is 6.42 Å². The molecule has 0 aromatic rings. The second-order valence-electron chi connectivity index (χ2n) is 2.50. The van der Waals surface area contributed by atoms with Crippen LogP contribution in [0.15, 0.2) is 0 Å². The molecule has 1 aliphatic carbocycles. The zero-order valence-electron chi connectivity index (χ0n) is 6.49. The zero-order valence-corrected chi connectivity index (χ0v) is 6.49. The Morgan fingerprint density at radius 2 is 1.45 bits per heavy atom. The van der Waals surface area contributed by atoms with E-state index in [1.807, 2.05) is 0 Å². The minimum Gasteiger partial charge on any atom is -0.469 e. The van der Waals surface area contributed by atoms with Gasteiger partial charge in [0.1, 0.15) is 0 Å². The fourth-order valence-corrected chi connectivity index (χ4v) is 1.02. The topological polar surface area (TPSA) is 52.6 Å². The molecule has 1 saturated carbocycles. The lowest BCUT2D eigenvalue weighted by Crippen LogP contribution is -2.10. The van der Waals surface area contributed by atoms with Gasteiger partial charge < -0.3 is 9.47 Å². The highest BCUT2D eigenvalue weighted by atomic mass is 16.5. The van der Waals surface area contributed by atoms with Gasteiger partial charge in [-0.2, -0.15) is 0 Å². The maximum atomic E-state index is 10.8. The van der Waals surface area contributed by atoms with Crippen LogP contribution in [0.5, 0.6) is 0 Å². The molecular formula is C7H10O4. The van der Waals surface area contributed by atoms with Gasteiger partial charge in [-0.3, -0.25) is 9.59 Å². The van der Waals surface area contributed by atoms with Crippen LogP contribution in [0.25, 0.3) is 0 Å². The first kappa shape index (κ1) is 8.04. The Hall–Kier alpha value is -1.06. The summed E-state index contributed by atoms with van der Waals surface area (Å²) in [5.74, 6) is -1.15. The monoisotopic (exact) mass is 158 g/mol. The summed E-state index contributed by atoms with van der Waals surface area (Å²) < 4.78 is 8.90. The summed E-state index contributed by atoms with van der Waals surface area (Å²) >= 11 is 0. The molecule has 62 valence electrons. The summed E-state index contributed by atoms with van der Waals surface area (Å²) in [6.07, 6.45) is 0.569. The van der Waals surface area contributed by atoms with Crippen LogP contribution in [0.2, 0.25) is 0 Å². The Kier molecular flexibility index (Phi) is 2.12. The molecular weight excluding hydrogens is 148 g/mol. The molecule has 0 unspecified atom stereocenters. The Morgan fingerprint density at radius 1 is 1.09 bits per heavy atom. The molecule has 0 saturated heterocycles. The van der Waals surface area contributed by atoms with E-state index in [9.17, 15) is 9.59 Å². The lowest BCUT2D eigenvalue weighted by Gasteiger charge is -1.96. The minimum absolute atomic E-state index is 0.257. The van der Waals surface area contributed by atoms with Crippen LogP contribution in [-0.4, -0.2) is 26.2 Å². The van der Waals surface area contributed by atoms with Gasteiger partial charge in [-0.1, -0.05) is 0 Å². The highest BCUT2D eigenvalue weighted by Crippen LogP contribution is 2.40. The SMILES string of the molecule is COC(=O)[C@H]1C[C@H]1C(=O)OC. The number of hydrogen-bond donors (Lipinski definition) is 0. The second kappa shape index (κ2) is 2.90. The predicted octanol–water partition coefficient (Wildman–Crippen LogP) is -0.0315. The lowest BCUT2D eigenvalue weighted by molar-refractivity contribution is -0.148. The van der Waals surface area contributed by atoms with Gasteiger partial charge in [0.25, 0.3) is 0 Å². The van der Waals surface area contributed by atoms with E-state index in [1.165, 1.54) is 14.2 Å². The van der Waals surface area contributed by atoms with E-state index >= 15 is 0 Å². The molecule has 11 heavy (non-hydrogen) atoms. The van der Waals surface area contributed by atoms with Crippen molar-refractivity contribution in [3.05, 3.63) is 0 Å². The number of esters is 2. The first-order valence-corrected chi connectivity index (χ1v) is 3.36. The summed E-state index contributed by atoms with van der Waals surface area (Å²) in [6.45, 7) is 0. The molecule has 1 aliphatic rings. The van der Waals surface area contributed by atoms with Crippen LogP contribution in [-0.2, 0) is 19.1 Å². The average Bonchev–Trinajstić information content (AvgIpc) is 2.80. The first-order valence-electron chi connectivity index (χ1n) is 3.36. The van der Waals surface area contributed by atoms with Crippen molar-refractivity contribution in [2.75, 3.05) is 14.2 Å². The van der Waals surface area contributed by atoms with Gasteiger partial charge in [-0.15, -0.1) is 0 Å². The Balaban J connectivity index is 2.37. The van der Waals surface area contributed by atoms with Crippen LogP contribution >= 0.6 is 0 Å². The maximum absolute atomic E-state index is 10.8. The minimum atomic E-state index is -0.319. The third-order valence-electron chi connectivity index (χ3n) is 1.80. The molecule has 0 spiro atoms. The number of carbonyl (C=O) groups is 2. The van der Waals surface area contributed by atoms with Gasteiger partial charge in [-0.25, -0.2) is 0 Å².